The van der Waals surface area contributed by atoms with Crippen molar-refractivity contribution in [2.45, 2.75) is 12.5 Å². The van der Waals surface area contributed by atoms with Crippen molar-refractivity contribution in [1.82, 2.24) is 4.90 Å². The average Bonchev–Trinajstić information content (AvgIpc) is 2.83. The van der Waals surface area contributed by atoms with Crippen molar-refractivity contribution < 1.29 is 14.1 Å². The van der Waals surface area contributed by atoms with Crippen LogP contribution in [-0.2, 0) is 11.2 Å². The van der Waals surface area contributed by atoms with Crippen LogP contribution in [-0.4, -0.2) is 66.0 Å². The molecule has 2 aromatic carbocycles. The highest BCUT2D eigenvalue weighted by molar-refractivity contribution is 7.99. The van der Waals surface area contributed by atoms with E-state index in [1.165, 1.54) is 12.1 Å². The molecule has 3 aliphatic rings. The molecule has 2 saturated heterocycles. The van der Waals surface area contributed by atoms with Gasteiger partial charge in [0.05, 0.1) is 16.9 Å². The lowest BCUT2D eigenvalue weighted by molar-refractivity contribution is -0.384. The zero-order valence-electron chi connectivity index (χ0n) is 17.7. The Morgan fingerprint density at radius 3 is 2.53 bits per heavy atom. The van der Waals surface area contributed by atoms with Gasteiger partial charge < -0.3 is 14.7 Å². The number of anilines is 2. The van der Waals surface area contributed by atoms with Crippen molar-refractivity contribution in [2.24, 2.45) is 5.92 Å². The number of hydrogen-bond acceptors (Lipinski definition) is 6. The van der Waals surface area contributed by atoms with Crippen LogP contribution in [0.3, 0.4) is 0 Å². The summed E-state index contributed by atoms with van der Waals surface area (Å²) in [6.45, 7) is 3.58. The number of thioether (sulfide) groups is 1. The first-order chi connectivity index (χ1) is 15.5. The molecule has 3 aliphatic heterocycles. The molecule has 2 atom stereocenters. The Labute approximate surface area is 190 Å². The summed E-state index contributed by atoms with van der Waals surface area (Å²) in [6.07, 6.45) is 0.498. The maximum Gasteiger partial charge on any atom is 0.269 e. The molecule has 9 heteroatoms. The first-order valence-corrected chi connectivity index (χ1v) is 12.1. The minimum atomic E-state index is -0.377. The summed E-state index contributed by atoms with van der Waals surface area (Å²) in [6, 6.07) is 11.5. The van der Waals surface area contributed by atoms with Gasteiger partial charge in [-0.15, -0.1) is 0 Å². The van der Waals surface area contributed by atoms with Crippen molar-refractivity contribution in [3.63, 3.8) is 0 Å². The van der Waals surface area contributed by atoms with E-state index < -0.39 is 0 Å². The second-order valence-corrected chi connectivity index (χ2v) is 9.73. The van der Waals surface area contributed by atoms with Crippen LogP contribution in [0.25, 0.3) is 0 Å². The predicted octanol–water partition coefficient (Wildman–Crippen LogP) is 3.18. The Hall–Kier alpha value is -2.81. The fraction of sp³-hybridized carbons (Fsp3) is 0.435. The lowest BCUT2D eigenvalue weighted by atomic mass is 9.82. The number of non-ortho nitro benzene ring substituents is 1. The third-order valence-electron chi connectivity index (χ3n) is 6.74. The quantitative estimate of drug-likeness (QED) is 0.522. The van der Waals surface area contributed by atoms with Crippen LogP contribution in [0.2, 0.25) is 0 Å². The molecule has 0 bridgehead atoms. The van der Waals surface area contributed by atoms with E-state index in [1.54, 1.807) is 24.3 Å². The number of fused-ring (bicyclic) bond motifs is 3. The Bertz CT molecular complexity index is 1030. The first-order valence-electron chi connectivity index (χ1n) is 10.9. The third-order valence-corrected chi connectivity index (χ3v) is 7.68. The van der Waals surface area contributed by atoms with Gasteiger partial charge >= 0.3 is 0 Å². The van der Waals surface area contributed by atoms with Crippen LogP contribution in [0.4, 0.5) is 21.5 Å². The van der Waals surface area contributed by atoms with Crippen molar-refractivity contribution in [3.05, 3.63) is 64.0 Å². The summed E-state index contributed by atoms with van der Waals surface area (Å²) in [5, 5.41) is 11.3. The Morgan fingerprint density at radius 2 is 1.81 bits per heavy atom. The maximum absolute atomic E-state index is 13.6. The summed E-state index contributed by atoms with van der Waals surface area (Å²) in [5.74, 6) is 1.48. The smallest absolute Gasteiger partial charge is 0.269 e. The number of nitro groups is 1. The maximum atomic E-state index is 13.6. The SMILES string of the molecule is O=C([C@H]1Cc2cc([N+](=O)[O-])ccc2N2CCN(c3ccc(F)cc3)C[C@@H]12)N1CCSCC1. The van der Waals surface area contributed by atoms with Crippen molar-refractivity contribution >= 4 is 34.7 Å². The van der Waals surface area contributed by atoms with Crippen molar-refractivity contribution in [1.29, 1.82) is 0 Å². The molecule has 0 aromatic heterocycles. The molecular weight excluding hydrogens is 431 g/mol. The number of amides is 1. The zero-order chi connectivity index (χ0) is 22.2. The molecule has 168 valence electrons. The summed E-state index contributed by atoms with van der Waals surface area (Å²) in [5.41, 5.74) is 2.86. The molecule has 2 aromatic rings. The fourth-order valence-corrected chi connectivity index (χ4v) is 6.02. The molecule has 0 radical (unpaired) electrons. The Kier molecular flexibility index (Phi) is 5.67. The zero-order valence-corrected chi connectivity index (χ0v) is 18.5. The van der Waals surface area contributed by atoms with E-state index in [9.17, 15) is 19.3 Å². The lowest BCUT2D eigenvalue weighted by Crippen LogP contribution is -2.62. The van der Waals surface area contributed by atoms with Crippen molar-refractivity contribution in [3.8, 4) is 0 Å². The second kappa shape index (κ2) is 8.61. The van der Waals surface area contributed by atoms with E-state index in [4.69, 9.17) is 0 Å². The van der Waals surface area contributed by atoms with E-state index in [0.717, 1.165) is 48.1 Å². The van der Waals surface area contributed by atoms with Gasteiger partial charge in [-0.3, -0.25) is 14.9 Å². The van der Waals surface area contributed by atoms with Crippen molar-refractivity contribution in [2.75, 3.05) is 54.0 Å². The largest absolute Gasteiger partial charge is 0.368 e. The van der Waals surface area contributed by atoms with Crippen LogP contribution in [0.5, 0.6) is 0 Å². The van der Waals surface area contributed by atoms with E-state index in [2.05, 4.69) is 9.80 Å². The highest BCUT2D eigenvalue weighted by Gasteiger charge is 2.43. The summed E-state index contributed by atoms with van der Waals surface area (Å²) < 4.78 is 13.4. The first kappa shape index (κ1) is 21.1. The summed E-state index contributed by atoms with van der Waals surface area (Å²) >= 11 is 1.86. The molecule has 7 nitrogen and oxygen atoms in total. The molecule has 0 spiro atoms. The van der Waals surface area contributed by atoms with Gasteiger partial charge in [0.2, 0.25) is 5.91 Å². The summed E-state index contributed by atoms with van der Waals surface area (Å²) in [7, 11) is 0. The number of nitrogens with zero attached hydrogens (tertiary/aromatic N) is 4. The van der Waals surface area contributed by atoms with Gasteiger partial charge in [-0.05, 0) is 42.3 Å². The van der Waals surface area contributed by atoms with Gasteiger partial charge in [-0.1, -0.05) is 0 Å². The molecule has 5 rings (SSSR count). The number of carbonyl (C=O) groups excluding carboxylic acids is 1. The molecule has 0 saturated carbocycles. The fourth-order valence-electron chi connectivity index (χ4n) is 5.11. The predicted molar refractivity (Wildman–Crippen MR) is 124 cm³/mol. The van der Waals surface area contributed by atoms with E-state index in [0.29, 0.717) is 19.5 Å². The number of benzene rings is 2. The van der Waals surface area contributed by atoms with Gasteiger partial charge in [-0.2, -0.15) is 11.8 Å². The van der Waals surface area contributed by atoms with E-state index in [1.807, 2.05) is 22.7 Å². The molecular formula is C23H25FN4O3S. The highest BCUT2D eigenvalue weighted by Crippen LogP contribution is 2.39. The Balaban J connectivity index is 1.48. The molecule has 3 heterocycles. The number of carbonyl (C=O) groups is 1. The minimum absolute atomic E-state index is 0.0372. The van der Waals surface area contributed by atoms with E-state index >= 15 is 0 Å². The van der Waals surface area contributed by atoms with Crippen LogP contribution in [0.1, 0.15) is 5.56 Å². The van der Waals surface area contributed by atoms with Gasteiger partial charge in [0.15, 0.2) is 0 Å². The molecule has 0 unspecified atom stereocenters. The average molecular weight is 457 g/mol. The number of nitro benzene ring substituents is 1. The molecule has 0 N–H and O–H groups in total. The number of hydrogen-bond donors (Lipinski definition) is 0. The monoisotopic (exact) mass is 456 g/mol. The highest BCUT2D eigenvalue weighted by atomic mass is 32.2. The molecule has 2 fully saturated rings. The standard InChI is InChI=1S/C23H25FN4O3S/c24-17-1-3-18(4-2-17)26-7-8-27-21-6-5-19(28(30)31)13-16(21)14-20(22(27)15-26)23(29)25-9-11-32-12-10-25/h1-6,13,20,22H,7-12,14-15H2/t20-,22-/m0/s1. The number of piperazine rings is 1. The number of rotatable bonds is 3. The van der Waals surface area contributed by atoms with Gasteiger partial charge in [0.25, 0.3) is 5.69 Å². The van der Waals surface area contributed by atoms with Gasteiger partial charge in [0.1, 0.15) is 5.82 Å². The number of halogens is 1. The molecule has 32 heavy (non-hydrogen) atoms. The summed E-state index contributed by atoms with van der Waals surface area (Å²) in [4.78, 5) is 31.0. The Morgan fingerprint density at radius 1 is 1.06 bits per heavy atom. The van der Waals surface area contributed by atoms with Gasteiger partial charge in [-0.25, -0.2) is 4.39 Å². The molecule has 0 aliphatic carbocycles. The second-order valence-electron chi connectivity index (χ2n) is 8.50. The van der Waals surface area contributed by atoms with Crippen LogP contribution >= 0.6 is 11.8 Å². The van der Waals surface area contributed by atoms with Crippen LogP contribution in [0, 0.1) is 21.8 Å². The lowest BCUT2D eigenvalue weighted by Gasteiger charge is -2.50. The van der Waals surface area contributed by atoms with Crippen LogP contribution in [0.15, 0.2) is 42.5 Å². The van der Waals surface area contributed by atoms with Gasteiger partial charge in [0, 0.05) is 67.7 Å². The van der Waals surface area contributed by atoms with Crippen LogP contribution < -0.4 is 9.80 Å². The van der Waals surface area contributed by atoms with E-state index in [-0.39, 0.29) is 34.3 Å². The minimum Gasteiger partial charge on any atom is -0.368 e. The topological polar surface area (TPSA) is 69.9 Å². The third kappa shape index (κ3) is 3.90. The molecule has 1 amide bonds. The normalized spacial score (nSPS) is 22.8.